The van der Waals surface area contributed by atoms with Crippen molar-refractivity contribution < 1.29 is 18.7 Å². The Kier molecular flexibility index (Phi) is 7.07. The van der Waals surface area contributed by atoms with Crippen molar-refractivity contribution in [2.75, 3.05) is 33.5 Å². The van der Waals surface area contributed by atoms with Crippen LogP contribution in [-0.2, 0) is 9.47 Å². The van der Waals surface area contributed by atoms with Crippen LogP contribution in [0.2, 0.25) is 0 Å². The molecule has 1 aromatic rings. The Balaban J connectivity index is 2.24. The number of hydrogen-bond donors (Lipinski definition) is 1. The van der Waals surface area contributed by atoms with Gasteiger partial charge >= 0.3 is 0 Å². The summed E-state index contributed by atoms with van der Waals surface area (Å²) in [5.41, 5.74) is 0.867. The Morgan fingerprint density at radius 1 is 1.32 bits per heavy atom. The minimum atomic E-state index is -0.492. The number of nitrogens with one attached hydrogen (secondary N) is 1. The number of carbonyl (C=O) groups excluding carboxylic acids is 1. The fourth-order valence-electron chi connectivity index (χ4n) is 1.52. The molecule has 4 nitrogen and oxygen atoms in total. The molecule has 0 aliphatic heterocycles. The van der Waals surface area contributed by atoms with Gasteiger partial charge in [-0.3, -0.25) is 4.79 Å². The minimum absolute atomic E-state index is 0.0749. The van der Waals surface area contributed by atoms with Gasteiger partial charge in [0, 0.05) is 20.3 Å². The van der Waals surface area contributed by atoms with E-state index < -0.39 is 11.7 Å². The Morgan fingerprint density at radius 3 is 2.79 bits per heavy atom. The number of benzene rings is 1. The van der Waals surface area contributed by atoms with Gasteiger partial charge in [-0.1, -0.05) is 6.07 Å². The van der Waals surface area contributed by atoms with Crippen LogP contribution in [0, 0.1) is 12.7 Å². The summed E-state index contributed by atoms with van der Waals surface area (Å²) in [6.07, 6.45) is 0.683. The topological polar surface area (TPSA) is 47.6 Å². The molecule has 0 saturated carbocycles. The zero-order valence-corrected chi connectivity index (χ0v) is 11.4. The molecule has 0 unspecified atom stereocenters. The SMILES string of the molecule is COCCOCCCNC(=O)c1ccc(C)cc1F. The average Bonchev–Trinajstić information content (AvgIpc) is 2.37. The lowest BCUT2D eigenvalue weighted by Crippen LogP contribution is -2.26. The lowest BCUT2D eigenvalue weighted by Gasteiger charge is -2.07. The molecule has 0 heterocycles. The third-order valence-corrected chi connectivity index (χ3v) is 2.55. The summed E-state index contributed by atoms with van der Waals surface area (Å²) in [5, 5.41) is 2.66. The summed E-state index contributed by atoms with van der Waals surface area (Å²) < 4.78 is 23.6. The van der Waals surface area contributed by atoms with Gasteiger partial charge in [-0.15, -0.1) is 0 Å². The lowest BCUT2D eigenvalue weighted by molar-refractivity contribution is 0.0688. The Labute approximate surface area is 112 Å². The largest absolute Gasteiger partial charge is 0.382 e. The van der Waals surface area contributed by atoms with E-state index in [-0.39, 0.29) is 5.56 Å². The van der Waals surface area contributed by atoms with E-state index in [1.54, 1.807) is 20.1 Å². The van der Waals surface area contributed by atoms with Crippen LogP contribution in [0.4, 0.5) is 4.39 Å². The van der Waals surface area contributed by atoms with Crippen LogP contribution in [0.15, 0.2) is 18.2 Å². The number of ether oxygens (including phenoxy) is 2. The zero-order valence-electron chi connectivity index (χ0n) is 11.4. The number of carbonyl (C=O) groups is 1. The van der Waals surface area contributed by atoms with Crippen LogP contribution in [0.25, 0.3) is 0 Å². The number of halogens is 1. The second-order valence-corrected chi connectivity index (χ2v) is 4.20. The van der Waals surface area contributed by atoms with E-state index in [1.165, 1.54) is 12.1 Å². The molecular formula is C14H20FNO3. The van der Waals surface area contributed by atoms with Gasteiger partial charge in [0.1, 0.15) is 5.82 Å². The quantitative estimate of drug-likeness (QED) is 0.733. The van der Waals surface area contributed by atoms with Crippen LogP contribution in [-0.4, -0.2) is 39.4 Å². The smallest absolute Gasteiger partial charge is 0.254 e. The summed E-state index contributed by atoms with van der Waals surface area (Å²) in [6, 6.07) is 4.56. The lowest BCUT2D eigenvalue weighted by atomic mass is 10.1. The van der Waals surface area contributed by atoms with Crippen molar-refractivity contribution in [3.8, 4) is 0 Å². The molecule has 0 aliphatic rings. The summed E-state index contributed by atoms with van der Waals surface area (Å²) in [6.45, 7) is 3.87. The minimum Gasteiger partial charge on any atom is -0.382 e. The van der Waals surface area contributed by atoms with Crippen molar-refractivity contribution in [2.45, 2.75) is 13.3 Å². The highest BCUT2D eigenvalue weighted by atomic mass is 19.1. The predicted molar refractivity (Wildman–Crippen MR) is 70.8 cm³/mol. The molecule has 1 amide bonds. The summed E-state index contributed by atoms with van der Waals surface area (Å²) >= 11 is 0. The van der Waals surface area contributed by atoms with E-state index in [2.05, 4.69) is 5.32 Å². The highest BCUT2D eigenvalue weighted by Gasteiger charge is 2.10. The molecule has 0 saturated heterocycles. The van der Waals surface area contributed by atoms with Gasteiger partial charge in [-0.2, -0.15) is 0 Å². The molecule has 0 atom stereocenters. The van der Waals surface area contributed by atoms with E-state index in [0.717, 1.165) is 5.56 Å². The first kappa shape index (κ1) is 15.6. The van der Waals surface area contributed by atoms with E-state index in [1.807, 2.05) is 0 Å². The maximum Gasteiger partial charge on any atom is 0.254 e. The van der Waals surface area contributed by atoms with Gasteiger partial charge in [-0.25, -0.2) is 4.39 Å². The highest BCUT2D eigenvalue weighted by molar-refractivity contribution is 5.94. The first-order valence-corrected chi connectivity index (χ1v) is 6.26. The second-order valence-electron chi connectivity index (χ2n) is 4.20. The Hall–Kier alpha value is -1.46. The molecule has 0 bridgehead atoms. The van der Waals surface area contributed by atoms with E-state index >= 15 is 0 Å². The average molecular weight is 269 g/mol. The molecule has 1 N–H and O–H groups in total. The molecule has 0 radical (unpaired) electrons. The van der Waals surface area contributed by atoms with Gasteiger partial charge < -0.3 is 14.8 Å². The van der Waals surface area contributed by atoms with Crippen LogP contribution in [0.3, 0.4) is 0 Å². The van der Waals surface area contributed by atoms with Crippen molar-refractivity contribution in [2.24, 2.45) is 0 Å². The van der Waals surface area contributed by atoms with E-state index in [4.69, 9.17) is 9.47 Å². The first-order valence-electron chi connectivity index (χ1n) is 6.26. The Bertz CT molecular complexity index is 410. The number of hydrogen-bond acceptors (Lipinski definition) is 3. The normalized spacial score (nSPS) is 10.5. The molecule has 19 heavy (non-hydrogen) atoms. The zero-order chi connectivity index (χ0) is 14.1. The number of amides is 1. The number of aryl methyl sites for hydroxylation is 1. The van der Waals surface area contributed by atoms with Crippen LogP contribution in [0.1, 0.15) is 22.3 Å². The van der Waals surface area contributed by atoms with Crippen LogP contribution >= 0.6 is 0 Å². The predicted octanol–water partition coefficient (Wildman–Crippen LogP) is 1.92. The van der Waals surface area contributed by atoms with Gasteiger partial charge in [0.2, 0.25) is 0 Å². The monoisotopic (exact) mass is 269 g/mol. The van der Waals surface area contributed by atoms with Crippen LogP contribution in [0.5, 0.6) is 0 Å². The molecule has 0 aromatic heterocycles. The summed E-state index contributed by atoms with van der Waals surface area (Å²) in [4.78, 5) is 11.7. The maximum absolute atomic E-state index is 13.5. The van der Waals surface area contributed by atoms with Gasteiger partial charge in [0.15, 0.2) is 0 Å². The van der Waals surface area contributed by atoms with E-state index in [0.29, 0.717) is 32.8 Å². The van der Waals surface area contributed by atoms with Crippen molar-refractivity contribution in [1.29, 1.82) is 0 Å². The fraction of sp³-hybridized carbons (Fsp3) is 0.500. The molecule has 5 heteroatoms. The van der Waals surface area contributed by atoms with E-state index in [9.17, 15) is 9.18 Å². The summed E-state index contributed by atoms with van der Waals surface area (Å²) in [7, 11) is 1.61. The molecule has 0 spiro atoms. The Morgan fingerprint density at radius 2 is 2.11 bits per heavy atom. The van der Waals surface area contributed by atoms with Gasteiger partial charge in [0.05, 0.1) is 18.8 Å². The molecule has 1 rings (SSSR count). The molecule has 1 aromatic carbocycles. The third kappa shape index (κ3) is 5.81. The van der Waals surface area contributed by atoms with Crippen molar-refractivity contribution in [1.82, 2.24) is 5.32 Å². The second kappa shape index (κ2) is 8.61. The highest BCUT2D eigenvalue weighted by Crippen LogP contribution is 2.09. The van der Waals surface area contributed by atoms with Gasteiger partial charge in [0.25, 0.3) is 5.91 Å². The van der Waals surface area contributed by atoms with Gasteiger partial charge in [-0.05, 0) is 31.0 Å². The molecule has 0 aliphatic carbocycles. The van der Waals surface area contributed by atoms with Crippen molar-refractivity contribution in [3.05, 3.63) is 35.1 Å². The standard InChI is InChI=1S/C14H20FNO3/c1-11-4-5-12(13(15)10-11)14(17)16-6-3-7-19-9-8-18-2/h4-5,10H,3,6-9H2,1-2H3,(H,16,17). The van der Waals surface area contributed by atoms with Crippen molar-refractivity contribution in [3.63, 3.8) is 0 Å². The van der Waals surface area contributed by atoms with Crippen molar-refractivity contribution >= 4 is 5.91 Å². The maximum atomic E-state index is 13.5. The van der Waals surface area contributed by atoms with Crippen LogP contribution < -0.4 is 5.32 Å². The summed E-state index contributed by atoms with van der Waals surface area (Å²) in [5.74, 6) is -0.886. The first-order chi connectivity index (χ1) is 9.15. The molecule has 106 valence electrons. The molecule has 0 fully saturated rings. The third-order valence-electron chi connectivity index (χ3n) is 2.55. The fourth-order valence-corrected chi connectivity index (χ4v) is 1.52. The number of rotatable bonds is 8. The number of methoxy groups -OCH3 is 1. The molecular weight excluding hydrogens is 249 g/mol.